The van der Waals surface area contributed by atoms with Crippen LogP contribution >= 0.6 is 23.2 Å². The average molecular weight is 348 g/mol. The summed E-state index contributed by atoms with van der Waals surface area (Å²) in [5.41, 5.74) is 2.83. The minimum absolute atomic E-state index is 0.114. The number of hydrogen-bond donors (Lipinski definition) is 1. The van der Waals surface area contributed by atoms with Crippen LogP contribution in [0.25, 0.3) is 6.08 Å². The molecule has 0 aliphatic heterocycles. The summed E-state index contributed by atoms with van der Waals surface area (Å²) >= 11 is 12.0. The first-order valence-corrected chi connectivity index (χ1v) is 8.06. The molecule has 2 rings (SSSR count). The maximum atomic E-state index is 12.0. The zero-order valence-corrected chi connectivity index (χ0v) is 14.9. The van der Waals surface area contributed by atoms with Gasteiger partial charge >= 0.3 is 0 Å². The van der Waals surface area contributed by atoms with Crippen molar-refractivity contribution in [2.24, 2.45) is 0 Å². The Kier molecular flexibility index (Phi) is 5.51. The van der Waals surface area contributed by atoms with Crippen LogP contribution in [0.3, 0.4) is 0 Å². The second-order valence-electron chi connectivity index (χ2n) is 6.30. The lowest BCUT2D eigenvalue weighted by atomic mass is 9.87. The molecule has 0 saturated heterocycles. The molecule has 0 saturated carbocycles. The molecule has 23 heavy (non-hydrogen) atoms. The van der Waals surface area contributed by atoms with E-state index in [9.17, 15) is 4.79 Å². The van der Waals surface area contributed by atoms with Gasteiger partial charge in [-0.25, -0.2) is 0 Å². The van der Waals surface area contributed by atoms with Gasteiger partial charge in [-0.15, -0.1) is 0 Å². The van der Waals surface area contributed by atoms with E-state index in [1.54, 1.807) is 24.3 Å². The molecule has 120 valence electrons. The van der Waals surface area contributed by atoms with Crippen LogP contribution in [-0.2, 0) is 10.2 Å². The maximum absolute atomic E-state index is 12.0. The van der Waals surface area contributed by atoms with Gasteiger partial charge in [0.1, 0.15) is 0 Å². The molecule has 1 N–H and O–H groups in total. The predicted octanol–water partition coefficient (Wildman–Crippen LogP) is 5.94. The van der Waals surface area contributed by atoms with E-state index in [2.05, 4.69) is 38.2 Å². The molecule has 0 aromatic heterocycles. The number of nitrogens with one attached hydrogen (secondary N) is 1. The van der Waals surface area contributed by atoms with E-state index in [0.29, 0.717) is 15.7 Å². The number of benzene rings is 2. The average Bonchev–Trinajstić information content (AvgIpc) is 2.49. The number of halogens is 2. The molecule has 0 aliphatic rings. The Hall–Kier alpha value is -1.77. The van der Waals surface area contributed by atoms with Crippen molar-refractivity contribution in [2.45, 2.75) is 26.2 Å². The fourth-order valence-electron chi connectivity index (χ4n) is 2.04. The Morgan fingerprint density at radius 2 is 1.70 bits per heavy atom. The quantitative estimate of drug-likeness (QED) is 0.683. The van der Waals surface area contributed by atoms with Crippen LogP contribution in [0, 0.1) is 0 Å². The Morgan fingerprint density at radius 1 is 1.04 bits per heavy atom. The largest absolute Gasteiger partial charge is 0.321 e. The molecule has 0 atom stereocenters. The molecule has 1 amide bonds. The fourth-order valence-corrected chi connectivity index (χ4v) is 2.39. The number of carbonyl (C=O) groups is 1. The molecule has 0 unspecified atom stereocenters. The standard InChI is InChI=1S/C19H19Cl2NO/c1-19(2,3)14-10-7-13(8-11-14)9-12-17(23)22-16-6-4-5-15(20)18(16)21/h4-12H,1-3H3,(H,22,23). The van der Waals surface area contributed by atoms with Crippen LogP contribution in [0.1, 0.15) is 31.9 Å². The lowest BCUT2D eigenvalue weighted by Crippen LogP contribution is -2.10. The smallest absolute Gasteiger partial charge is 0.248 e. The highest BCUT2D eigenvalue weighted by Crippen LogP contribution is 2.29. The van der Waals surface area contributed by atoms with E-state index in [0.717, 1.165) is 5.56 Å². The van der Waals surface area contributed by atoms with Gasteiger partial charge in [0.15, 0.2) is 0 Å². The van der Waals surface area contributed by atoms with Gasteiger partial charge in [0.2, 0.25) is 5.91 Å². The topological polar surface area (TPSA) is 29.1 Å². The molecule has 0 spiro atoms. The van der Waals surface area contributed by atoms with Crippen LogP contribution in [0.5, 0.6) is 0 Å². The van der Waals surface area contributed by atoms with E-state index >= 15 is 0 Å². The third-order valence-corrected chi connectivity index (χ3v) is 4.23. The Morgan fingerprint density at radius 3 is 2.30 bits per heavy atom. The zero-order chi connectivity index (χ0) is 17.0. The first-order valence-electron chi connectivity index (χ1n) is 7.31. The normalized spacial score (nSPS) is 11.7. The Balaban J connectivity index is 2.05. The summed E-state index contributed by atoms with van der Waals surface area (Å²) in [5, 5.41) is 3.46. The predicted molar refractivity (Wildman–Crippen MR) is 99.3 cm³/mol. The summed E-state index contributed by atoms with van der Waals surface area (Å²) in [5.74, 6) is -0.255. The summed E-state index contributed by atoms with van der Waals surface area (Å²) in [7, 11) is 0. The van der Waals surface area contributed by atoms with Gasteiger partial charge in [-0.2, -0.15) is 0 Å². The fraction of sp³-hybridized carbons (Fsp3) is 0.211. The second-order valence-corrected chi connectivity index (χ2v) is 7.08. The van der Waals surface area contributed by atoms with Crippen LogP contribution in [0.2, 0.25) is 10.0 Å². The van der Waals surface area contributed by atoms with Crippen molar-refractivity contribution in [2.75, 3.05) is 5.32 Å². The highest BCUT2D eigenvalue weighted by Gasteiger charge is 2.12. The zero-order valence-electron chi connectivity index (χ0n) is 13.4. The van der Waals surface area contributed by atoms with Crippen molar-refractivity contribution >= 4 is 40.9 Å². The molecule has 2 nitrogen and oxygen atoms in total. The van der Waals surface area contributed by atoms with Crippen molar-refractivity contribution in [3.8, 4) is 0 Å². The number of anilines is 1. The molecule has 0 bridgehead atoms. The third kappa shape index (κ3) is 4.85. The summed E-state index contributed by atoms with van der Waals surface area (Å²) in [4.78, 5) is 12.0. The third-order valence-electron chi connectivity index (χ3n) is 3.41. The number of carbonyl (C=O) groups excluding carboxylic acids is 1. The second kappa shape index (κ2) is 7.20. The first-order chi connectivity index (χ1) is 10.8. The molecular formula is C19H19Cl2NO. The van der Waals surface area contributed by atoms with Crippen LogP contribution in [0.4, 0.5) is 5.69 Å². The first kappa shape index (κ1) is 17.6. The van der Waals surface area contributed by atoms with Gasteiger partial charge in [-0.05, 0) is 34.8 Å². The minimum atomic E-state index is -0.255. The lowest BCUT2D eigenvalue weighted by molar-refractivity contribution is -0.111. The van der Waals surface area contributed by atoms with Gasteiger partial charge in [-0.1, -0.05) is 74.3 Å². The number of rotatable bonds is 3. The Labute approximate surface area is 147 Å². The summed E-state index contributed by atoms with van der Waals surface area (Å²) in [6.07, 6.45) is 3.24. The van der Waals surface area contributed by atoms with Gasteiger partial charge in [0.25, 0.3) is 0 Å². The molecule has 0 fully saturated rings. The summed E-state index contributed by atoms with van der Waals surface area (Å²) in [6.45, 7) is 6.50. The number of amides is 1. The number of hydrogen-bond acceptors (Lipinski definition) is 1. The molecule has 2 aromatic carbocycles. The van der Waals surface area contributed by atoms with Gasteiger partial charge in [0, 0.05) is 6.08 Å². The van der Waals surface area contributed by atoms with E-state index in [1.165, 1.54) is 11.6 Å². The van der Waals surface area contributed by atoms with Gasteiger partial charge in [0.05, 0.1) is 15.7 Å². The lowest BCUT2D eigenvalue weighted by Gasteiger charge is -2.18. The summed E-state index contributed by atoms with van der Waals surface area (Å²) < 4.78 is 0. The van der Waals surface area contributed by atoms with Crippen molar-refractivity contribution in [3.05, 3.63) is 69.7 Å². The Bertz CT molecular complexity index is 728. The molecule has 0 heterocycles. The van der Waals surface area contributed by atoms with Crippen molar-refractivity contribution in [3.63, 3.8) is 0 Å². The van der Waals surface area contributed by atoms with E-state index in [-0.39, 0.29) is 11.3 Å². The molecule has 0 radical (unpaired) electrons. The molecule has 0 aliphatic carbocycles. The van der Waals surface area contributed by atoms with E-state index in [1.807, 2.05) is 12.1 Å². The highest BCUT2D eigenvalue weighted by atomic mass is 35.5. The van der Waals surface area contributed by atoms with Crippen molar-refractivity contribution in [1.29, 1.82) is 0 Å². The van der Waals surface area contributed by atoms with Crippen LogP contribution < -0.4 is 5.32 Å². The van der Waals surface area contributed by atoms with Crippen molar-refractivity contribution in [1.82, 2.24) is 0 Å². The van der Waals surface area contributed by atoms with E-state index < -0.39 is 0 Å². The molecule has 4 heteroatoms. The minimum Gasteiger partial charge on any atom is -0.321 e. The monoisotopic (exact) mass is 347 g/mol. The van der Waals surface area contributed by atoms with Crippen LogP contribution in [0.15, 0.2) is 48.5 Å². The van der Waals surface area contributed by atoms with Crippen molar-refractivity contribution < 1.29 is 4.79 Å². The van der Waals surface area contributed by atoms with Gasteiger partial charge in [-0.3, -0.25) is 4.79 Å². The SMILES string of the molecule is CC(C)(C)c1ccc(C=CC(=O)Nc2cccc(Cl)c2Cl)cc1. The summed E-state index contributed by atoms with van der Waals surface area (Å²) in [6, 6.07) is 13.3. The van der Waals surface area contributed by atoms with Crippen LogP contribution in [-0.4, -0.2) is 5.91 Å². The van der Waals surface area contributed by atoms with Gasteiger partial charge < -0.3 is 5.32 Å². The maximum Gasteiger partial charge on any atom is 0.248 e. The molecule has 2 aromatic rings. The molecular weight excluding hydrogens is 329 g/mol. The highest BCUT2D eigenvalue weighted by molar-refractivity contribution is 6.44. The van der Waals surface area contributed by atoms with E-state index in [4.69, 9.17) is 23.2 Å².